The number of nitrogens with one attached hydrogen (secondary N) is 1. The van der Waals surface area contributed by atoms with Gasteiger partial charge in [0.1, 0.15) is 5.75 Å². The maximum absolute atomic E-state index is 12.3. The Kier molecular flexibility index (Phi) is 5.96. The van der Waals surface area contributed by atoms with Crippen molar-refractivity contribution in [1.82, 2.24) is 9.78 Å². The molecular formula is C21H19N3O4. The number of esters is 1. The number of benzene rings is 2. The minimum atomic E-state index is -0.661. The molecule has 28 heavy (non-hydrogen) atoms. The van der Waals surface area contributed by atoms with E-state index in [0.717, 1.165) is 6.42 Å². The third-order valence-electron chi connectivity index (χ3n) is 3.87. The molecule has 0 spiro atoms. The minimum absolute atomic E-state index is 0.0505. The molecule has 0 fully saturated rings. The highest BCUT2D eigenvalue weighted by atomic mass is 16.5. The molecule has 7 heteroatoms. The zero-order valence-electron chi connectivity index (χ0n) is 15.3. The summed E-state index contributed by atoms with van der Waals surface area (Å²) in [6.07, 6.45) is 0.724. The Morgan fingerprint density at radius 1 is 1.00 bits per heavy atom. The Bertz CT molecular complexity index is 1030. The molecule has 1 aromatic heterocycles. The molecule has 0 unspecified atom stereocenters. The van der Waals surface area contributed by atoms with Crippen molar-refractivity contribution in [1.29, 1.82) is 0 Å². The fourth-order valence-electron chi connectivity index (χ4n) is 2.49. The zero-order chi connectivity index (χ0) is 19.9. The lowest BCUT2D eigenvalue weighted by Crippen LogP contribution is -2.25. The van der Waals surface area contributed by atoms with Gasteiger partial charge >= 0.3 is 5.97 Å². The smallest absolute Gasteiger partial charge is 0.364 e. The van der Waals surface area contributed by atoms with E-state index in [9.17, 15) is 14.4 Å². The van der Waals surface area contributed by atoms with Gasteiger partial charge in [-0.15, -0.1) is 0 Å². The average Bonchev–Trinajstić information content (AvgIpc) is 2.72. The standard InChI is InChI=1S/C21H19N3O4/c1-2-14-24-19(25)13-12-18(23-24)21(27)28-17-10-8-16(9-11-17)22-20(26)15-6-4-3-5-7-15/h3-13H,2,14H2,1H3,(H,22,26). The Balaban J connectivity index is 1.65. The van der Waals surface area contributed by atoms with Crippen molar-refractivity contribution in [2.24, 2.45) is 0 Å². The van der Waals surface area contributed by atoms with Gasteiger partial charge in [0.2, 0.25) is 0 Å². The number of carbonyl (C=O) groups excluding carboxylic acids is 2. The summed E-state index contributed by atoms with van der Waals surface area (Å²) in [5.41, 5.74) is 0.904. The number of ether oxygens (including phenoxy) is 1. The predicted molar refractivity (Wildman–Crippen MR) is 105 cm³/mol. The number of anilines is 1. The summed E-state index contributed by atoms with van der Waals surface area (Å²) in [5, 5.41) is 6.79. The zero-order valence-corrected chi connectivity index (χ0v) is 15.3. The van der Waals surface area contributed by atoms with Crippen molar-refractivity contribution in [3.8, 4) is 5.75 Å². The molecule has 0 saturated carbocycles. The minimum Gasteiger partial charge on any atom is -0.422 e. The summed E-state index contributed by atoms with van der Waals surface area (Å²) >= 11 is 0. The molecule has 1 N–H and O–H groups in total. The summed E-state index contributed by atoms with van der Waals surface area (Å²) in [5.74, 6) is -0.587. The molecule has 1 heterocycles. The SMILES string of the molecule is CCCn1nc(C(=O)Oc2ccc(NC(=O)c3ccccc3)cc2)ccc1=O. The quantitative estimate of drug-likeness (QED) is 0.526. The normalized spacial score (nSPS) is 10.3. The number of rotatable bonds is 6. The molecule has 3 rings (SSSR count). The Morgan fingerprint density at radius 3 is 2.39 bits per heavy atom. The topological polar surface area (TPSA) is 90.3 Å². The second kappa shape index (κ2) is 8.77. The summed E-state index contributed by atoms with van der Waals surface area (Å²) in [6.45, 7) is 2.34. The molecule has 142 valence electrons. The van der Waals surface area contributed by atoms with Crippen LogP contribution in [0.2, 0.25) is 0 Å². The van der Waals surface area contributed by atoms with Gasteiger partial charge in [0, 0.05) is 23.9 Å². The van der Waals surface area contributed by atoms with Crippen LogP contribution < -0.4 is 15.6 Å². The maximum Gasteiger partial charge on any atom is 0.364 e. The number of hydrogen-bond donors (Lipinski definition) is 1. The van der Waals surface area contributed by atoms with Crippen LogP contribution in [0.1, 0.15) is 34.2 Å². The fraction of sp³-hybridized carbons (Fsp3) is 0.143. The first-order valence-corrected chi connectivity index (χ1v) is 8.83. The van der Waals surface area contributed by atoms with Crippen molar-refractivity contribution >= 4 is 17.6 Å². The van der Waals surface area contributed by atoms with E-state index in [1.54, 1.807) is 48.5 Å². The molecule has 0 atom stereocenters. The maximum atomic E-state index is 12.3. The first-order valence-electron chi connectivity index (χ1n) is 8.83. The summed E-state index contributed by atoms with van der Waals surface area (Å²) in [6, 6.07) is 17.9. The van der Waals surface area contributed by atoms with Crippen molar-refractivity contribution in [3.63, 3.8) is 0 Å². The molecule has 0 radical (unpaired) electrons. The lowest BCUT2D eigenvalue weighted by Gasteiger charge is -2.08. The van der Waals surface area contributed by atoms with E-state index >= 15 is 0 Å². The number of aromatic nitrogens is 2. The molecule has 3 aromatic rings. The summed E-state index contributed by atoms with van der Waals surface area (Å²) in [4.78, 5) is 36.1. The molecule has 0 aliphatic heterocycles. The first kappa shape index (κ1) is 19.0. The van der Waals surface area contributed by atoms with E-state index in [0.29, 0.717) is 23.5 Å². The molecule has 1 amide bonds. The third kappa shape index (κ3) is 4.70. The fourth-order valence-corrected chi connectivity index (χ4v) is 2.49. The predicted octanol–water partition coefficient (Wildman–Crippen LogP) is 3.12. The largest absolute Gasteiger partial charge is 0.422 e. The van der Waals surface area contributed by atoms with Crippen LogP contribution in [0.15, 0.2) is 71.5 Å². The average molecular weight is 377 g/mol. The molecule has 7 nitrogen and oxygen atoms in total. The lowest BCUT2D eigenvalue weighted by molar-refractivity contribution is 0.0725. The Hall–Kier alpha value is -3.74. The van der Waals surface area contributed by atoms with Crippen LogP contribution in [0.25, 0.3) is 0 Å². The van der Waals surface area contributed by atoms with Crippen molar-refractivity contribution < 1.29 is 14.3 Å². The van der Waals surface area contributed by atoms with Gasteiger partial charge in [-0.1, -0.05) is 25.1 Å². The Morgan fingerprint density at radius 2 is 1.71 bits per heavy atom. The highest BCUT2D eigenvalue weighted by Crippen LogP contribution is 2.17. The van der Waals surface area contributed by atoms with Crippen molar-refractivity contribution in [2.45, 2.75) is 19.9 Å². The highest BCUT2D eigenvalue weighted by Gasteiger charge is 2.12. The van der Waals surface area contributed by atoms with Crippen LogP contribution >= 0.6 is 0 Å². The van der Waals surface area contributed by atoms with E-state index < -0.39 is 5.97 Å². The monoisotopic (exact) mass is 377 g/mol. The van der Waals surface area contributed by atoms with Crippen LogP contribution in [-0.4, -0.2) is 21.7 Å². The van der Waals surface area contributed by atoms with Gasteiger partial charge in [-0.25, -0.2) is 9.48 Å². The van der Waals surface area contributed by atoms with Crippen molar-refractivity contribution in [3.05, 3.63) is 88.3 Å². The van der Waals surface area contributed by atoms with Gasteiger partial charge in [0.25, 0.3) is 11.5 Å². The summed E-state index contributed by atoms with van der Waals surface area (Å²) in [7, 11) is 0. The number of amides is 1. The van der Waals surface area contributed by atoms with E-state index in [1.807, 2.05) is 13.0 Å². The van der Waals surface area contributed by atoms with E-state index in [2.05, 4.69) is 10.4 Å². The van der Waals surface area contributed by atoms with Crippen LogP contribution in [0.3, 0.4) is 0 Å². The lowest BCUT2D eigenvalue weighted by atomic mass is 10.2. The number of hydrogen-bond acceptors (Lipinski definition) is 5. The van der Waals surface area contributed by atoms with Crippen LogP contribution in [-0.2, 0) is 6.54 Å². The van der Waals surface area contributed by atoms with Crippen LogP contribution in [0.5, 0.6) is 5.75 Å². The molecular weight excluding hydrogens is 358 g/mol. The molecule has 0 aliphatic rings. The van der Waals surface area contributed by atoms with Crippen molar-refractivity contribution in [2.75, 3.05) is 5.32 Å². The highest BCUT2D eigenvalue weighted by molar-refractivity contribution is 6.04. The molecule has 0 aliphatic carbocycles. The van der Waals surface area contributed by atoms with Gasteiger partial charge in [-0.05, 0) is 48.9 Å². The number of aryl methyl sites for hydroxylation is 1. The molecule has 2 aromatic carbocycles. The number of carbonyl (C=O) groups is 2. The summed E-state index contributed by atoms with van der Waals surface area (Å²) < 4.78 is 6.52. The van der Waals surface area contributed by atoms with Gasteiger partial charge in [0.05, 0.1) is 0 Å². The van der Waals surface area contributed by atoms with Gasteiger partial charge in [0.15, 0.2) is 5.69 Å². The van der Waals surface area contributed by atoms with Gasteiger partial charge in [-0.3, -0.25) is 9.59 Å². The Labute approximate surface area is 161 Å². The van der Waals surface area contributed by atoms with E-state index in [-0.39, 0.29) is 17.2 Å². The first-order chi connectivity index (χ1) is 13.6. The second-order valence-corrected chi connectivity index (χ2v) is 6.01. The van der Waals surface area contributed by atoms with Crippen LogP contribution in [0.4, 0.5) is 5.69 Å². The van der Waals surface area contributed by atoms with Gasteiger partial charge in [-0.2, -0.15) is 5.10 Å². The van der Waals surface area contributed by atoms with E-state index in [4.69, 9.17) is 4.74 Å². The van der Waals surface area contributed by atoms with Gasteiger partial charge < -0.3 is 10.1 Å². The second-order valence-electron chi connectivity index (χ2n) is 6.01. The molecule has 0 bridgehead atoms. The molecule has 0 saturated heterocycles. The third-order valence-corrected chi connectivity index (χ3v) is 3.87. The van der Waals surface area contributed by atoms with Crippen LogP contribution in [0, 0.1) is 0 Å². The van der Waals surface area contributed by atoms with E-state index in [1.165, 1.54) is 16.8 Å². The number of nitrogens with zero attached hydrogens (tertiary/aromatic N) is 2.